The summed E-state index contributed by atoms with van der Waals surface area (Å²) in [5.41, 5.74) is 1.12. The Bertz CT molecular complexity index is 596. The van der Waals surface area contributed by atoms with Gasteiger partial charge in [-0.25, -0.2) is 8.42 Å². The lowest BCUT2D eigenvalue weighted by molar-refractivity contribution is 0.0951. The Morgan fingerprint density at radius 3 is 2.62 bits per heavy atom. The van der Waals surface area contributed by atoms with E-state index in [1.54, 1.807) is 13.0 Å². The standard InChI is InChI=1S/C15H23NO4S/c1-11(10-17)5-4-8-16-15(18)14-9-13(21(3,19)20)7-6-12(14)2/h6-7,9,11,17H,4-5,8,10H2,1-3H3,(H,16,18). The molecule has 1 amide bonds. The van der Waals surface area contributed by atoms with Crippen LogP contribution < -0.4 is 5.32 Å². The van der Waals surface area contributed by atoms with Gasteiger partial charge < -0.3 is 10.4 Å². The van der Waals surface area contributed by atoms with E-state index in [-0.39, 0.29) is 23.3 Å². The largest absolute Gasteiger partial charge is 0.396 e. The molecular weight excluding hydrogens is 290 g/mol. The molecule has 1 atom stereocenters. The van der Waals surface area contributed by atoms with Gasteiger partial charge in [0.25, 0.3) is 5.91 Å². The maximum absolute atomic E-state index is 12.1. The van der Waals surface area contributed by atoms with Gasteiger partial charge in [0.05, 0.1) is 4.90 Å². The van der Waals surface area contributed by atoms with Crippen LogP contribution in [0.4, 0.5) is 0 Å². The number of aryl methyl sites for hydroxylation is 1. The van der Waals surface area contributed by atoms with E-state index in [2.05, 4.69) is 5.32 Å². The highest BCUT2D eigenvalue weighted by Gasteiger charge is 2.14. The molecule has 21 heavy (non-hydrogen) atoms. The van der Waals surface area contributed by atoms with Gasteiger partial charge in [-0.3, -0.25) is 4.79 Å². The Kier molecular flexibility index (Phi) is 6.36. The number of benzene rings is 1. The number of carbonyl (C=O) groups is 1. The van der Waals surface area contributed by atoms with Crippen LogP contribution in [0.15, 0.2) is 23.1 Å². The van der Waals surface area contributed by atoms with Crippen LogP contribution in [-0.2, 0) is 9.84 Å². The Balaban J connectivity index is 2.70. The third kappa shape index (κ3) is 5.47. The Hall–Kier alpha value is -1.40. The number of hydrogen-bond donors (Lipinski definition) is 2. The van der Waals surface area contributed by atoms with E-state index in [1.807, 2.05) is 6.92 Å². The summed E-state index contributed by atoms with van der Waals surface area (Å²) in [4.78, 5) is 12.2. The topological polar surface area (TPSA) is 83.5 Å². The highest BCUT2D eigenvalue weighted by molar-refractivity contribution is 7.90. The van der Waals surface area contributed by atoms with Crippen LogP contribution >= 0.6 is 0 Å². The zero-order valence-electron chi connectivity index (χ0n) is 12.7. The fourth-order valence-electron chi connectivity index (χ4n) is 1.92. The van der Waals surface area contributed by atoms with Gasteiger partial charge >= 0.3 is 0 Å². The van der Waals surface area contributed by atoms with Crippen LogP contribution in [0.2, 0.25) is 0 Å². The molecule has 1 unspecified atom stereocenters. The van der Waals surface area contributed by atoms with Crippen LogP contribution in [0.1, 0.15) is 35.7 Å². The number of aliphatic hydroxyl groups is 1. The average molecular weight is 313 g/mol. The lowest BCUT2D eigenvalue weighted by Gasteiger charge is -2.10. The zero-order chi connectivity index (χ0) is 16.0. The lowest BCUT2D eigenvalue weighted by Crippen LogP contribution is -2.26. The molecule has 6 heteroatoms. The molecule has 0 bridgehead atoms. The second-order valence-electron chi connectivity index (χ2n) is 5.43. The number of nitrogens with one attached hydrogen (secondary N) is 1. The van der Waals surface area contributed by atoms with Crippen LogP contribution in [0, 0.1) is 12.8 Å². The first-order chi connectivity index (χ1) is 9.75. The van der Waals surface area contributed by atoms with Crippen molar-refractivity contribution in [3.8, 4) is 0 Å². The molecule has 1 rings (SSSR count). The summed E-state index contributed by atoms with van der Waals surface area (Å²) < 4.78 is 23.1. The number of aliphatic hydroxyl groups excluding tert-OH is 1. The van der Waals surface area contributed by atoms with Crippen molar-refractivity contribution in [1.29, 1.82) is 0 Å². The summed E-state index contributed by atoms with van der Waals surface area (Å²) in [5.74, 6) is -0.0492. The van der Waals surface area contributed by atoms with Crippen molar-refractivity contribution < 1.29 is 18.3 Å². The number of rotatable bonds is 7. The Labute approximate surface area is 126 Å². The first-order valence-corrected chi connectivity index (χ1v) is 8.84. The molecular formula is C15H23NO4S. The second-order valence-corrected chi connectivity index (χ2v) is 7.45. The number of hydrogen-bond acceptors (Lipinski definition) is 4. The molecule has 0 heterocycles. The van der Waals surface area contributed by atoms with Gasteiger partial charge in [0.15, 0.2) is 9.84 Å². The SMILES string of the molecule is Cc1ccc(S(C)(=O)=O)cc1C(=O)NCCCC(C)CO. The summed E-state index contributed by atoms with van der Waals surface area (Å²) in [6.07, 6.45) is 2.73. The van der Waals surface area contributed by atoms with Crippen LogP contribution in [-0.4, -0.2) is 38.8 Å². The van der Waals surface area contributed by atoms with Crippen molar-refractivity contribution in [2.24, 2.45) is 5.92 Å². The van der Waals surface area contributed by atoms with Gasteiger partial charge in [0.2, 0.25) is 0 Å². The number of carbonyl (C=O) groups excluding carboxylic acids is 1. The fourth-order valence-corrected chi connectivity index (χ4v) is 2.56. The molecule has 5 nitrogen and oxygen atoms in total. The Morgan fingerprint density at radius 1 is 1.38 bits per heavy atom. The lowest BCUT2D eigenvalue weighted by atomic mass is 10.1. The van der Waals surface area contributed by atoms with Crippen molar-refractivity contribution in [2.75, 3.05) is 19.4 Å². The van der Waals surface area contributed by atoms with Crippen molar-refractivity contribution in [1.82, 2.24) is 5.32 Å². The maximum atomic E-state index is 12.1. The minimum absolute atomic E-state index is 0.142. The van der Waals surface area contributed by atoms with Crippen LogP contribution in [0.3, 0.4) is 0 Å². The molecule has 0 spiro atoms. The summed E-state index contributed by atoms with van der Waals surface area (Å²) in [6, 6.07) is 4.56. The van der Waals surface area contributed by atoms with Gasteiger partial charge in [0.1, 0.15) is 0 Å². The van der Waals surface area contributed by atoms with E-state index in [1.165, 1.54) is 12.1 Å². The van der Waals surface area contributed by atoms with Gasteiger partial charge in [-0.05, 0) is 43.4 Å². The van der Waals surface area contributed by atoms with E-state index in [9.17, 15) is 13.2 Å². The van der Waals surface area contributed by atoms with E-state index in [4.69, 9.17) is 5.11 Å². The first kappa shape index (κ1) is 17.7. The van der Waals surface area contributed by atoms with E-state index in [0.29, 0.717) is 12.1 Å². The summed E-state index contributed by atoms with van der Waals surface area (Å²) in [7, 11) is -3.32. The van der Waals surface area contributed by atoms with Crippen LogP contribution in [0.5, 0.6) is 0 Å². The van der Waals surface area contributed by atoms with Gasteiger partial charge in [-0.1, -0.05) is 13.0 Å². The molecule has 0 aliphatic heterocycles. The third-order valence-electron chi connectivity index (χ3n) is 3.35. The van der Waals surface area contributed by atoms with E-state index in [0.717, 1.165) is 24.7 Å². The smallest absolute Gasteiger partial charge is 0.251 e. The molecule has 1 aromatic carbocycles. The minimum atomic E-state index is -3.32. The van der Waals surface area contributed by atoms with Gasteiger partial charge in [0, 0.05) is 25.0 Å². The Morgan fingerprint density at radius 2 is 2.05 bits per heavy atom. The van der Waals surface area contributed by atoms with Crippen molar-refractivity contribution in [3.63, 3.8) is 0 Å². The van der Waals surface area contributed by atoms with Crippen LogP contribution in [0.25, 0.3) is 0 Å². The highest BCUT2D eigenvalue weighted by Crippen LogP contribution is 2.15. The molecule has 118 valence electrons. The normalized spacial score (nSPS) is 13.0. The predicted molar refractivity (Wildman–Crippen MR) is 82.1 cm³/mol. The van der Waals surface area contributed by atoms with Crippen molar-refractivity contribution in [3.05, 3.63) is 29.3 Å². The molecule has 0 aromatic heterocycles. The molecule has 0 fully saturated rings. The van der Waals surface area contributed by atoms with Gasteiger partial charge in [-0.15, -0.1) is 0 Å². The van der Waals surface area contributed by atoms with Crippen molar-refractivity contribution >= 4 is 15.7 Å². The molecule has 1 aromatic rings. The molecule has 0 aliphatic rings. The summed E-state index contributed by atoms with van der Waals surface area (Å²) in [6.45, 7) is 4.37. The summed E-state index contributed by atoms with van der Waals surface area (Å²) >= 11 is 0. The molecule has 2 N–H and O–H groups in total. The highest BCUT2D eigenvalue weighted by atomic mass is 32.2. The van der Waals surface area contributed by atoms with E-state index < -0.39 is 9.84 Å². The quantitative estimate of drug-likeness (QED) is 0.748. The average Bonchev–Trinajstić information content (AvgIpc) is 2.42. The van der Waals surface area contributed by atoms with Gasteiger partial charge in [-0.2, -0.15) is 0 Å². The van der Waals surface area contributed by atoms with Crippen molar-refractivity contribution in [2.45, 2.75) is 31.6 Å². The molecule has 0 aliphatic carbocycles. The number of amides is 1. The monoisotopic (exact) mass is 313 g/mol. The molecule has 0 radical (unpaired) electrons. The minimum Gasteiger partial charge on any atom is -0.396 e. The molecule has 0 saturated carbocycles. The second kappa shape index (κ2) is 7.56. The zero-order valence-corrected chi connectivity index (χ0v) is 13.5. The first-order valence-electron chi connectivity index (χ1n) is 6.95. The molecule has 0 saturated heterocycles. The maximum Gasteiger partial charge on any atom is 0.251 e. The summed E-state index contributed by atoms with van der Waals surface area (Å²) in [5, 5.41) is 11.7. The predicted octanol–water partition coefficient (Wildman–Crippen LogP) is 1.54. The number of sulfone groups is 1. The van der Waals surface area contributed by atoms with E-state index >= 15 is 0 Å². The third-order valence-corrected chi connectivity index (χ3v) is 4.46. The fraction of sp³-hybridized carbons (Fsp3) is 0.533.